The van der Waals surface area contributed by atoms with Gasteiger partial charge < -0.3 is 0 Å². The maximum atomic E-state index is 12.8. The first-order valence-electron chi connectivity index (χ1n) is 8.84. The smallest absolute Gasteiger partial charge is 0.269 e. The second kappa shape index (κ2) is 7.61. The normalized spacial score (nSPS) is 20.2. The van der Waals surface area contributed by atoms with Crippen molar-refractivity contribution in [1.82, 2.24) is 9.80 Å². The monoisotopic (exact) mass is 373 g/mol. The SMILES string of the molecule is CC(C)CC[N+]1=C(SCc2ccccc2)N=C2C1C(=O)N(C)C(=O)N2C. The summed E-state index contributed by atoms with van der Waals surface area (Å²) in [6.45, 7) is 5.08. The highest BCUT2D eigenvalue weighted by Gasteiger charge is 2.52. The average molecular weight is 374 g/mol. The highest BCUT2D eigenvalue weighted by atomic mass is 32.2. The van der Waals surface area contributed by atoms with Crippen LogP contribution in [-0.2, 0) is 10.5 Å². The minimum Gasteiger partial charge on any atom is -0.269 e. The van der Waals surface area contributed by atoms with Crippen molar-refractivity contribution >= 4 is 34.7 Å². The summed E-state index contributed by atoms with van der Waals surface area (Å²) < 4.78 is 2.06. The maximum absolute atomic E-state index is 12.8. The number of thioether (sulfide) groups is 1. The fourth-order valence-electron chi connectivity index (χ4n) is 3.04. The van der Waals surface area contributed by atoms with Gasteiger partial charge >= 0.3 is 11.2 Å². The minimum absolute atomic E-state index is 0.203. The topological polar surface area (TPSA) is 56.0 Å². The van der Waals surface area contributed by atoms with Crippen molar-refractivity contribution in [2.75, 3.05) is 20.6 Å². The molecule has 2 aliphatic rings. The molecule has 2 aliphatic heterocycles. The molecule has 0 aliphatic carbocycles. The van der Waals surface area contributed by atoms with Gasteiger partial charge in [-0.1, -0.05) is 44.2 Å². The third-order valence-electron chi connectivity index (χ3n) is 4.65. The minimum atomic E-state index is -0.500. The van der Waals surface area contributed by atoms with Crippen LogP contribution in [0.4, 0.5) is 4.79 Å². The zero-order valence-electron chi connectivity index (χ0n) is 15.7. The Morgan fingerprint density at radius 2 is 1.85 bits per heavy atom. The van der Waals surface area contributed by atoms with Crippen LogP contribution in [0, 0.1) is 5.92 Å². The quantitative estimate of drug-likeness (QED) is 0.746. The Labute approximate surface area is 158 Å². The number of hydrogen-bond acceptors (Lipinski definition) is 4. The van der Waals surface area contributed by atoms with Crippen LogP contribution in [0.1, 0.15) is 25.8 Å². The molecule has 0 aromatic heterocycles. The van der Waals surface area contributed by atoms with Crippen molar-refractivity contribution in [3.8, 4) is 0 Å². The Morgan fingerprint density at radius 3 is 2.50 bits per heavy atom. The zero-order valence-corrected chi connectivity index (χ0v) is 16.5. The van der Waals surface area contributed by atoms with Gasteiger partial charge in [-0.25, -0.2) is 9.37 Å². The number of benzene rings is 1. The number of carbonyl (C=O) groups excluding carboxylic acids is 2. The molecule has 0 bridgehead atoms. The lowest BCUT2D eigenvalue weighted by molar-refractivity contribution is -0.534. The number of amidine groups is 2. The number of nitrogens with zero attached hydrogens (tertiary/aromatic N) is 4. The number of imide groups is 1. The molecule has 6 nitrogen and oxygen atoms in total. The van der Waals surface area contributed by atoms with E-state index in [1.165, 1.54) is 22.4 Å². The molecule has 1 saturated heterocycles. The second-order valence-corrected chi connectivity index (χ2v) is 7.99. The van der Waals surface area contributed by atoms with Gasteiger partial charge in [0.05, 0.1) is 6.54 Å². The van der Waals surface area contributed by atoms with E-state index < -0.39 is 6.04 Å². The van der Waals surface area contributed by atoms with Gasteiger partial charge in [0.2, 0.25) is 0 Å². The number of hydrogen-bond donors (Lipinski definition) is 0. The fourth-order valence-corrected chi connectivity index (χ4v) is 4.04. The van der Waals surface area contributed by atoms with Gasteiger partial charge in [0, 0.05) is 19.8 Å². The number of likely N-dealkylation sites (N-methyl/N-ethyl adjacent to an activating group) is 2. The summed E-state index contributed by atoms with van der Waals surface area (Å²) in [4.78, 5) is 32.4. The lowest BCUT2D eigenvalue weighted by Gasteiger charge is -2.30. The number of aliphatic imine (C=N–C) groups is 1. The van der Waals surface area contributed by atoms with Gasteiger partial charge in [0.1, 0.15) is 0 Å². The molecule has 1 aromatic carbocycles. The van der Waals surface area contributed by atoms with E-state index in [1.807, 2.05) is 18.2 Å². The molecule has 3 rings (SSSR count). The van der Waals surface area contributed by atoms with Crippen LogP contribution in [0.5, 0.6) is 0 Å². The summed E-state index contributed by atoms with van der Waals surface area (Å²) in [5.74, 6) is 1.64. The Hall–Kier alpha value is -2.15. The van der Waals surface area contributed by atoms with E-state index in [-0.39, 0.29) is 11.9 Å². The van der Waals surface area contributed by atoms with Gasteiger partial charge in [-0.05, 0) is 34.7 Å². The molecule has 0 N–H and O–H groups in total. The van der Waals surface area contributed by atoms with Gasteiger partial charge in [0.15, 0.2) is 0 Å². The van der Waals surface area contributed by atoms with Gasteiger partial charge in [-0.15, -0.1) is 0 Å². The van der Waals surface area contributed by atoms with Gasteiger partial charge in [-0.2, -0.15) is 0 Å². The van der Waals surface area contributed by atoms with E-state index in [4.69, 9.17) is 0 Å². The summed E-state index contributed by atoms with van der Waals surface area (Å²) in [6, 6.07) is 9.36. The standard InChI is InChI=1S/C19H25N4O2S/c1-13(2)10-11-23-15-16(21(3)19(25)22(4)17(15)24)20-18(23)26-12-14-8-6-5-7-9-14/h5-9,13,15H,10-12H2,1-4H3/q+1. The first-order chi connectivity index (χ1) is 12.4. The summed E-state index contributed by atoms with van der Waals surface area (Å²) in [7, 11) is 3.22. The molecule has 1 atom stereocenters. The maximum Gasteiger partial charge on any atom is 0.358 e. The van der Waals surface area contributed by atoms with Gasteiger partial charge in [0.25, 0.3) is 17.8 Å². The van der Waals surface area contributed by atoms with E-state index in [2.05, 4.69) is 35.5 Å². The average Bonchev–Trinajstić information content (AvgIpc) is 3.00. The Kier molecular flexibility index (Phi) is 5.46. The zero-order chi connectivity index (χ0) is 18.8. The molecule has 1 aromatic rings. The van der Waals surface area contributed by atoms with Gasteiger partial charge in [-0.3, -0.25) is 14.6 Å². The van der Waals surface area contributed by atoms with Crippen LogP contribution < -0.4 is 0 Å². The Bertz CT molecular complexity index is 773. The van der Waals surface area contributed by atoms with Crippen molar-refractivity contribution in [3.05, 3.63) is 35.9 Å². The Morgan fingerprint density at radius 1 is 1.15 bits per heavy atom. The van der Waals surface area contributed by atoms with E-state index in [0.717, 1.165) is 23.9 Å². The van der Waals surface area contributed by atoms with Crippen LogP contribution in [0.15, 0.2) is 35.3 Å². The van der Waals surface area contributed by atoms with Crippen LogP contribution in [0.25, 0.3) is 0 Å². The highest BCUT2D eigenvalue weighted by molar-refractivity contribution is 8.13. The molecule has 26 heavy (non-hydrogen) atoms. The van der Waals surface area contributed by atoms with E-state index in [1.54, 1.807) is 18.8 Å². The number of carbonyl (C=O) groups is 2. The molecule has 138 valence electrons. The summed E-state index contributed by atoms with van der Waals surface area (Å²) in [5, 5.41) is 0.817. The predicted octanol–water partition coefficient (Wildman–Crippen LogP) is 2.64. The third-order valence-corrected chi connectivity index (χ3v) is 5.71. The number of fused-ring (bicyclic) bond motifs is 1. The van der Waals surface area contributed by atoms with Crippen molar-refractivity contribution in [2.45, 2.75) is 32.1 Å². The predicted molar refractivity (Wildman–Crippen MR) is 104 cm³/mol. The molecule has 1 unspecified atom stereocenters. The van der Waals surface area contributed by atoms with Crippen molar-refractivity contribution < 1.29 is 14.2 Å². The van der Waals surface area contributed by atoms with Crippen LogP contribution in [-0.4, -0.2) is 64.0 Å². The number of urea groups is 1. The van der Waals surface area contributed by atoms with E-state index >= 15 is 0 Å². The van der Waals surface area contributed by atoms with Crippen molar-refractivity contribution in [1.29, 1.82) is 0 Å². The summed E-state index contributed by atoms with van der Waals surface area (Å²) in [5.41, 5.74) is 1.21. The molecular weight excluding hydrogens is 348 g/mol. The number of rotatable bonds is 5. The molecule has 3 amide bonds. The largest absolute Gasteiger partial charge is 0.358 e. The lowest BCUT2D eigenvalue weighted by atomic mass is 10.1. The number of amides is 3. The molecule has 1 fully saturated rings. The first kappa shape index (κ1) is 18.6. The lowest BCUT2D eigenvalue weighted by Crippen LogP contribution is -2.61. The molecule has 0 saturated carbocycles. The fraction of sp³-hybridized carbons (Fsp3) is 0.474. The van der Waals surface area contributed by atoms with E-state index in [0.29, 0.717) is 11.8 Å². The Balaban J connectivity index is 1.89. The van der Waals surface area contributed by atoms with Crippen LogP contribution in [0.2, 0.25) is 0 Å². The van der Waals surface area contributed by atoms with Crippen molar-refractivity contribution in [2.24, 2.45) is 10.9 Å². The van der Waals surface area contributed by atoms with Crippen LogP contribution >= 0.6 is 11.8 Å². The van der Waals surface area contributed by atoms with Crippen LogP contribution in [0.3, 0.4) is 0 Å². The summed E-state index contributed by atoms with van der Waals surface area (Å²) in [6.07, 6.45) is 0.962. The molecule has 7 heteroatoms. The highest BCUT2D eigenvalue weighted by Crippen LogP contribution is 2.25. The summed E-state index contributed by atoms with van der Waals surface area (Å²) >= 11 is 1.62. The molecule has 0 radical (unpaired) electrons. The molecular formula is C19H25N4O2S+. The molecule has 2 heterocycles. The third kappa shape index (κ3) is 3.53. The van der Waals surface area contributed by atoms with Crippen molar-refractivity contribution in [3.63, 3.8) is 0 Å². The first-order valence-corrected chi connectivity index (χ1v) is 9.83. The second-order valence-electron chi connectivity index (χ2n) is 7.04. The molecule has 0 spiro atoms. The van der Waals surface area contributed by atoms with E-state index in [9.17, 15) is 9.59 Å².